The van der Waals surface area contributed by atoms with E-state index < -0.39 is 10.8 Å². The predicted octanol–water partition coefficient (Wildman–Crippen LogP) is 2.05. The minimum Gasteiger partial charge on any atom is -0.326 e. The van der Waals surface area contributed by atoms with E-state index in [-0.39, 0.29) is 5.91 Å². The number of carbonyl (C=O) groups excluding carboxylic acids is 1. The van der Waals surface area contributed by atoms with Crippen LogP contribution in [0.2, 0.25) is 0 Å². The zero-order chi connectivity index (χ0) is 13.4. The van der Waals surface area contributed by atoms with E-state index in [2.05, 4.69) is 5.32 Å². The van der Waals surface area contributed by atoms with Crippen LogP contribution in [-0.2, 0) is 15.6 Å². The number of benzene rings is 1. The number of nitriles is 1. The van der Waals surface area contributed by atoms with E-state index in [1.807, 2.05) is 13.0 Å². The monoisotopic (exact) mass is 264 g/mol. The highest BCUT2D eigenvalue weighted by molar-refractivity contribution is 7.84. The Morgan fingerprint density at radius 2 is 2.06 bits per heavy atom. The molecule has 1 aromatic carbocycles. The summed E-state index contributed by atoms with van der Waals surface area (Å²) in [6, 6.07) is 8.71. The summed E-state index contributed by atoms with van der Waals surface area (Å²) in [5.74, 6) is 1.11. The Bertz CT molecular complexity index is 463. The fraction of sp³-hybridized carbons (Fsp3) is 0.385. The number of hydrogen-bond acceptors (Lipinski definition) is 3. The van der Waals surface area contributed by atoms with Crippen molar-refractivity contribution < 1.29 is 9.00 Å². The van der Waals surface area contributed by atoms with Crippen LogP contribution in [0.15, 0.2) is 24.3 Å². The normalized spacial score (nSPS) is 11.6. The topological polar surface area (TPSA) is 70.0 Å². The van der Waals surface area contributed by atoms with Crippen molar-refractivity contribution in [1.29, 1.82) is 5.26 Å². The number of nitrogens with one attached hydrogen (secondary N) is 1. The van der Waals surface area contributed by atoms with Gasteiger partial charge in [0.25, 0.3) is 0 Å². The van der Waals surface area contributed by atoms with Gasteiger partial charge in [-0.1, -0.05) is 6.92 Å². The lowest BCUT2D eigenvalue weighted by molar-refractivity contribution is -0.116. The summed E-state index contributed by atoms with van der Waals surface area (Å²) in [4.78, 5) is 11.6. The van der Waals surface area contributed by atoms with Gasteiger partial charge in [-0.05, 0) is 30.7 Å². The molecule has 1 unspecified atom stereocenters. The van der Waals surface area contributed by atoms with E-state index in [1.165, 1.54) is 0 Å². The summed E-state index contributed by atoms with van der Waals surface area (Å²) in [7, 11) is -0.810. The van der Waals surface area contributed by atoms with Crippen LogP contribution in [0.4, 0.5) is 5.69 Å². The van der Waals surface area contributed by atoms with Crippen molar-refractivity contribution in [1.82, 2.24) is 0 Å². The lowest BCUT2D eigenvalue weighted by Gasteiger charge is -2.04. The molecular formula is C13H16N2O2S. The van der Waals surface area contributed by atoms with Gasteiger partial charge in [0.2, 0.25) is 5.91 Å². The Morgan fingerprint density at radius 1 is 1.39 bits per heavy atom. The second-order valence-electron chi connectivity index (χ2n) is 3.77. The van der Waals surface area contributed by atoms with Crippen LogP contribution in [0.3, 0.4) is 0 Å². The second kappa shape index (κ2) is 7.62. The first-order chi connectivity index (χ1) is 8.65. The molecule has 0 aliphatic carbocycles. The van der Waals surface area contributed by atoms with Crippen LogP contribution in [0.5, 0.6) is 0 Å². The first-order valence-corrected chi connectivity index (χ1v) is 7.29. The lowest BCUT2D eigenvalue weighted by Crippen LogP contribution is -2.12. The molecular weight excluding hydrogens is 248 g/mol. The molecule has 0 radical (unpaired) electrons. The highest BCUT2D eigenvalue weighted by atomic mass is 32.2. The number of anilines is 1. The van der Waals surface area contributed by atoms with Crippen molar-refractivity contribution in [3.8, 4) is 6.07 Å². The maximum atomic E-state index is 11.6. The van der Waals surface area contributed by atoms with Gasteiger partial charge in [0.1, 0.15) is 0 Å². The molecule has 0 aliphatic heterocycles. The average Bonchev–Trinajstić information content (AvgIpc) is 2.39. The van der Waals surface area contributed by atoms with Crippen LogP contribution in [0.25, 0.3) is 0 Å². The molecule has 1 amide bonds. The molecule has 0 saturated heterocycles. The van der Waals surface area contributed by atoms with E-state index >= 15 is 0 Å². The van der Waals surface area contributed by atoms with Gasteiger partial charge in [-0.2, -0.15) is 5.26 Å². The molecule has 0 spiro atoms. The summed E-state index contributed by atoms with van der Waals surface area (Å²) in [5, 5.41) is 11.4. The summed E-state index contributed by atoms with van der Waals surface area (Å²) in [6.07, 6.45) is 0.994. The third kappa shape index (κ3) is 5.11. The highest BCUT2D eigenvalue weighted by Gasteiger charge is 2.04. The molecule has 0 aromatic heterocycles. The molecule has 1 N–H and O–H groups in total. The molecule has 0 fully saturated rings. The Hall–Kier alpha value is -1.67. The fourth-order valence-corrected chi connectivity index (χ4v) is 2.14. The Morgan fingerprint density at radius 3 is 2.61 bits per heavy atom. The smallest absolute Gasteiger partial charge is 0.224 e. The first kappa shape index (κ1) is 14.4. The Kier molecular flexibility index (Phi) is 6.09. The van der Waals surface area contributed by atoms with Crippen molar-refractivity contribution in [2.75, 3.05) is 16.8 Å². The third-order valence-electron chi connectivity index (χ3n) is 2.40. The van der Waals surface area contributed by atoms with Crippen LogP contribution < -0.4 is 5.32 Å². The van der Waals surface area contributed by atoms with Gasteiger partial charge in [-0.15, -0.1) is 0 Å². The quantitative estimate of drug-likeness (QED) is 0.854. The largest absolute Gasteiger partial charge is 0.326 e. The number of hydrogen-bond donors (Lipinski definition) is 1. The highest BCUT2D eigenvalue weighted by Crippen LogP contribution is 2.09. The van der Waals surface area contributed by atoms with Crippen molar-refractivity contribution in [2.24, 2.45) is 0 Å². The van der Waals surface area contributed by atoms with Crippen molar-refractivity contribution in [2.45, 2.75) is 19.8 Å². The van der Waals surface area contributed by atoms with Crippen molar-refractivity contribution >= 4 is 22.4 Å². The maximum Gasteiger partial charge on any atom is 0.224 e. The molecule has 1 atom stereocenters. The first-order valence-electron chi connectivity index (χ1n) is 5.80. The van der Waals surface area contributed by atoms with Crippen molar-refractivity contribution in [3.05, 3.63) is 29.8 Å². The molecule has 96 valence electrons. The van der Waals surface area contributed by atoms with Gasteiger partial charge >= 0.3 is 0 Å². The summed E-state index contributed by atoms with van der Waals surface area (Å²) >= 11 is 0. The van der Waals surface area contributed by atoms with Crippen LogP contribution in [0, 0.1) is 11.3 Å². The molecule has 4 nitrogen and oxygen atoms in total. The molecule has 5 heteroatoms. The molecule has 0 aliphatic rings. The van der Waals surface area contributed by atoms with Crippen LogP contribution in [-0.4, -0.2) is 21.6 Å². The van der Waals surface area contributed by atoms with Crippen molar-refractivity contribution in [3.63, 3.8) is 0 Å². The van der Waals surface area contributed by atoms with Gasteiger partial charge in [0.05, 0.1) is 11.6 Å². The third-order valence-corrected chi connectivity index (χ3v) is 3.78. The molecule has 0 heterocycles. The van der Waals surface area contributed by atoms with E-state index in [4.69, 9.17) is 5.26 Å². The van der Waals surface area contributed by atoms with E-state index in [0.29, 0.717) is 35.6 Å². The van der Waals surface area contributed by atoms with Crippen LogP contribution >= 0.6 is 0 Å². The van der Waals surface area contributed by atoms with E-state index in [1.54, 1.807) is 24.3 Å². The minimum atomic E-state index is -0.810. The molecule has 0 bridgehead atoms. The van der Waals surface area contributed by atoms with E-state index in [9.17, 15) is 9.00 Å². The van der Waals surface area contributed by atoms with Gasteiger partial charge in [0.15, 0.2) is 0 Å². The van der Waals surface area contributed by atoms with Gasteiger partial charge in [-0.3, -0.25) is 9.00 Å². The zero-order valence-corrected chi connectivity index (χ0v) is 11.1. The maximum absolute atomic E-state index is 11.6. The lowest BCUT2D eigenvalue weighted by atomic mass is 10.2. The number of carbonyl (C=O) groups is 1. The number of nitrogens with zero attached hydrogens (tertiary/aromatic N) is 1. The van der Waals surface area contributed by atoms with Crippen LogP contribution in [0.1, 0.15) is 25.3 Å². The van der Waals surface area contributed by atoms with E-state index in [0.717, 1.165) is 0 Å². The molecule has 1 aromatic rings. The SMILES string of the molecule is CCS(=O)CCCC(=O)Nc1ccc(C#N)cc1. The summed E-state index contributed by atoms with van der Waals surface area (Å²) in [5.41, 5.74) is 1.24. The molecule has 0 saturated carbocycles. The molecule has 1 rings (SSSR count). The van der Waals surface area contributed by atoms with Gasteiger partial charge < -0.3 is 5.32 Å². The zero-order valence-electron chi connectivity index (χ0n) is 10.3. The standard InChI is InChI=1S/C13H16N2O2S/c1-2-18(17)9-3-4-13(16)15-12-7-5-11(10-14)6-8-12/h5-8H,2-4,9H2,1H3,(H,15,16). The Balaban J connectivity index is 2.35. The van der Waals surface area contributed by atoms with Gasteiger partial charge in [-0.25, -0.2) is 0 Å². The summed E-state index contributed by atoms with van der Waals surface area (Å²) in [6.45, 7) is 1.87. The number of amides is 1. The fourth-order valence-electron chi connectivity index (χ4n) is 1.39. The Labute approximate surface area is 109 Å². The molecule has 18 heavy (non-hydrogen) atoms. The minimum absolute atomic E-state index is 0.0900. The second-order valence-corrected chi connectivity index (χ2v) is 5.64. The van der Waals surface area contributed by atoms with Gasteiger partial charge in [0, 0.05) is 34.4 Å². The number of rotatable bonds is 6. The average molecular weight is 264 g/mol. The predicted molar refractivity (Wildman–Crippen MR) is 72.6 cm³/mol. The summed E-state index contributed by atoms with van der Waals surface area (Å²) < 4.78 is 11.2.